The van der Waals surface area contributed by atoms with Crippen LogP contribution in [0, 0.1) is 34.6 Å². The molecule has 0 aliphatic carbocycles. The lowest BCUT2D eigenvalue weighted by Crippen LogP contribution is -2.33. The van der Waals surface area contributed by atoms with Gasteiger partial charge in [0.25, 0.3) is 11.8 Å². The second-order valence-corrected chi connectivity index (χ2v) is 8.82. The van der Waals surface area contributed by atoms with E-state index in [1.807, 2.05) is 83.1 Å². The number of hydrogen-bond donors (Lipinski definition) is 1. The van der Waals surface area contributed by atoms with Crippen molar-refractivity contribution in [1.82, 2.24) is 0 Å². The lowest BCUT2D eigenvalue weighted by Gasteiger charge is -2.18. The number of hydrogen-bond acceptors (Lipinski definition) is 3. The normalized spacial score (nSPS) is 13.9. The molecule has 2 amide bonds. The van der Waals surface area contributed by atoms with Crippen LogP contribution < -0.4 is 10.2 Å². The Morgan fingerprint density at radius 2 is 1.38 bits per heavy atom. The van der Waals surface area contributed by atoms with E-state index in [1.54, 1.807) is 6.07 Å². The van der Waals surface area contributed by atoms with E-state index in [-0.39, 0.29) is 17.5 Å². The lowest BCUT2D eigenvalue weighted by atomic mass is 9.97. The van der Waals surface area contributed by atoms with Gasteiger partial charge in [-0.15, -0.1) is 0 Å². The number of carbonyl (C=O) groups is 2. The molecule has 0 fully saturated rings. The van der Waals surface area contributed by atoms with Gasteiger partial charge in [-0.2, -0.15) is 0 Å². The first-order valence-electron chi connectivity index (χ1n) is 10.5. The first-order chi connectivity index (χ1) is 15.2. The van der Waals surface area contributed by atoms with Crippen molar-refractivity contribution in [3.63, 3.8) is 0 Å². The number of nitrogens with zero attached hydrogens (tertiary/aromatic N) is 1. The monoisotopic (exact) mass is 444 g/mol. The fraction of sp³-hybridized carbons (Fsp3) is 0.185. The van der Waals surface area contributed by atoms with Gasteiger partial charge >= 0.3 is 0 Å². The fourth-order valence-electron chi connectivity index (χ4n) is 4.17. The Balaban J connectivity index is 1.89. The van der Waals surface area contributed by atoms with Crippen molar-refractivity contribution in [3.8, 4) is 0 Å². The summed E-state index contributed by atoms with van der Waals surface area (Å²) >= 11 is 6.11. The molecule has 1 aliphatic rings. The molecule has 3 aromatic rings. The fourth-order valence-corrected chi connectivity index (χ4v) is 4.39. The molecule has 0 bridgehead atoms. The van der Waals surface area contributed by atoms with E-state index in [0.29, 0.717) is 16.3 Å². The number of rotatable bonds is 4. The van der Waals surface area contributed by atoms with Crippen LogP contribution in [0.4, 0.5) is 11.4 Å². The van der Waals surface area contributed by atoms with E-state index in [0.717, 1.165) is 39.1 Å². The third-order valence-corrected chi connectivity index (χ3v) is 6.01. The minimum Gasteiger partial charge on any atom is -0.350 e. The van der Waals surface area contributed by atoms with Crippen molar-refractivity contribution in [2.24, 2.45) is 0 Å². The Morgan fingerprint density at radius 3 is 2.00 bits per heavy atom. The summed E-state index contributed by atoms with van der Waals surface area (Å²) in [5.74, 6) is -0.700. The maximum Gasteiger partial charge on any atom is 0.282 e. The van der Waals surface area contributed by atoms with Crippen LogP contribution in [-0.2, 0) is 9.59 Å². The average molecular weight is 445 g/mol. The first kappa shape index (κ1) is 21.8. The van der Waals surface area contributed by atoms with Crippen LogP contribution in [0.15, 0.2) is 60.3 Å². The summed E-state index contributed by atoms with van der Waals surface area (Å²) < 4.78 is 0. The summed E-state index contributed by atoms with van der Waals surface area (Å²) in [6.45, 7) is 9.77. The Morgan fingerprint density at radius 1 is 0.719 bits per heavy atom. The van der Waals surface area contributed by atoms with Gasteiger partial charge in [0.05, 0.1) is 11.3 Å². The Hall–Kier alpha value is -3.37. The molecule has 0 unspecified atom stereocenters. The topological polar surface area (TPSA) is 49.4 Å². The zero-order valence-corrected chi connectivity index (χ0v) is 19.6. The maximum absolute atomic E-state index is 13.7. The molecule has 0 saturated heterocycles. The van der Waals surface area contributed by atoms with Crippen LogP contribution in [0.25, 0.3) is 5.57 Å². The average Bonchev–Trinajstić information content (AvgIpc) is 2.94. The maximum atomic E-state index is 13.7. The molecule has 162 valence electrons. The highest BCUT2D eigenvalue weighted by Crippen LogP contribution is 2.37. The number of halogens is 1. The molecule has 0 atom stereocenters. The van der Waals surface area contributed by atoms with Crippen LogP contribution >= 0.6 is 11.6 Å². The van der Waals surface area contributed by atoms with Gasteiger partial charge in [0.1, 0.15) is 5.70 Å². The van der Waals surface area contributed by atoms with Gasteiger partial charge in [-0.05, 0) is 81.1 Å². The zero-order chi connectivity index (χ0) is 23.2. The minimum atomic E-state index is -0.369. The third kappa shape index (κ3) is 3.82. The Bertz CT molecular complexity index is 1310. The quantitative estimate of drug-likeness (QED) is 0.482. The highest BCUT2D eigenvalue weighted by atomic mass is 35.5. The van der Waals surface area contributed by atoms with Crippen molar-refractivity contribution in [3.05, 3.63) is 98.7 Å². The predicted octanol–water partition coefficient (Wildman–Crippen LogP) is 6.28. The van der Waals surface area contributed by atoms with Crippen molar-refractivity contribution < 1.29 is 9.59 Å². The van der Waals surface area contributed by atoms with E-state index in [9.17, 15) is 9.59 Å². The number of carbonyl (C=O) groups excluding carboxylic acids is 2. The van der Waals surface area contributed by atoms with Crippen molar-refractivity contribution in [1.29, 1.82) is 0 Å². The number of benzene rings is 3. The minimum absolute atomic E-state index is 0.271. The number of nitrogens with one attached hydrogen (secondary N) is 1. The molecular weight excluding hydrogens is 420 g/mol. The molecule has 0 radical (unpaired) electrons. The van der Waals surface area contributed by atoms with Crippen molar-refractivity contribution in [2.75, 3.05) is 10.2 Å². The number of imide groups is 1. The highest BCUT2D eigenvalue weighted by Gasteiger charge is 2.41. The van der Waals surface area contributed by atoms with E-state index < -0.39 is 0 Å². The van der Waals surface area contributed by atoms with Crippen LogP contribution in [0.5, 0.6) is 0 Å². The molecule has 32 heavy (non-hydrogen) atoms. The molecule has 0 saturated carbocycles. The van der Waals surface area contributed by atoms with Gasteiger partial charge in [0.2, 0.25) is 0 Å². The SMILES string of the molecule is Cc1ccc(C2=C(Nc3ccc(Cl)cc3C)C(=O)N(c3ccc(C)cc3C)C2=O)c(C)c1. The summed E-state index contributed by atoms with van der Waals surface area (Å²) in [7, 11) is 0. The van der Waals surface area contributed by atoms with E-state index in [4.69, 9.17) is 11.6 Å². The lowest BCUT2D eigenvalue weighted by molar-refractivity contribution is -0.120. The Kier molecular flexibility index (Phi) is 5.66. The number of amides is 2. The largest absolute Gasteiger partial charge is 0.350 e. The van der Waals surface area contributed by atoms with Crippen molar-refractivity contribution >= 4 is 40.4 Å². The van der Waals surface area contributed by atoms with Gasteiger partial charge in [-0.3, -0.25) is 9.59 Å². The molecule has 0 spiro atoms. The van der Waals surface area contributed by atoms with E-state index in [2.05, 4.69) is 5.32 Å². The second-order valence-electron chi connectivity index (χ2n) is 8.39. The van der Waals surface area contributed by atoms with Crippen LogP contribution in [0.1, 0.15) is 33.4 Å². The highest BCUT2D eigenvalue weighted by molar-refractivity contribution is 6.46. The summed E-state index contributed by atoms with van der Waals surface area (Å²) in [6, 6.07) is 17.0. The van der Waals surface area contributed by atoms with Crippen molar-refractivity contribution in [2.45, 2.75) is 34.6 Å². The van der Waals surface area contributed by atoms with Gasteiger partial charge in [-0.1, -0.05) is 53.1 Å². The van der Waals surface area contributed by atoms with Crippen LogP contribution in [0.2, 0.25) is 5.02 Å². The summed E-state index contributed by atoms with van der Waals surface area (Å²) in [5, 5.41) is 3.86. The van der Waals surface area contributed by atoms with E-state index >= 15 is 0 Å². The second kappa shape index (κ2) is 8.29. The molecule has 3 aromatic carbocycles. The Labute approximate surface area is 193 Å². The van der Waals surface area contributed by atoms with E-state index in [1.165, 1.54) is 4.90 Å². The van der Waals surface area contributed by atoms with Gasteiger partial charge < -0.3 is 5.32 Å². The smallest absolute Gasteiger partial charge is 0.282 e. The van der Waals surface area contributed by atoms with Gasteiger partial charge in [-0.25, -0.2) is 4.90 Å². The number of aryl methyl sites for hydroxylation is 5. The molecule has 4 rings (SSSR count). The predicted molar refractivity (Wildman–Crippen MR) is 131 cm³/mol. The standard InChI is InChI=1S/C27H25ClN2O2/c1-15-6-9-21(17(3)12-15)24-25(29-22-10-8-20(28)14-18(22)4)27(32)30(26(24)31)23-11-7-16(2)13-19(23)5/h6-14,29H,1-5H3. The zero-order valence-electron chi connectivity index (χ0n) is 18.8. The van der Waals surface area contributed by atoms with Crippen LogP contribution in [-0.4, -0.2) is 11.8 Å². The molecular formula is C27H25ClN2O2. The molecule has 5 heteroatoms. The summed E-state index contributed by atoms with van der Waals surface area (Å²) in [6.07, 6.45) is 0. The summed E-state index contributed by atoms with van der Waals surface area (Å²) in [4.78, 5) is 28.6. The first-order valence-corrected chi connectivity index (χ1v) is 10.9. The third-order valence-electron chi connectivity index (χ3n) is 5.78. The molecule has 1 aliphatic heterocycles. The molecule has 1 N–H and O–H groups in total. The summed E-state index contributed by atoms with van der Waals surface area (Å²) in [5.41, 5.74) is 7.58. The van der Waals surface area contributed by atoms with Gasteiger partial charge in [0.15, 0.2) is 0 Å². The van der Waals surface area contributed by atoms with Gasteiger partial charge in [0, 0.05) is 10.7 Å². The number of anilines is 2. The molecule has 0 aromatic heterocycles. The van der Waals surface area contributed by atoms with Crippen LogP contribution in [0.3, 0.4) is 0 Å². The molecule has 1 heterocycles. The molecule has 4 nitrogen and oxygen atoms in total.